The van der Waals surface area contributed by atoms with E-state index in [0.717, 1.165) is 0 Å². The number of likely N-dealkylation sites (N-methyl/N-ethyl adjacent to an activating group) is 1. The molecule has 0 bridgehead atoms. The largest absolute Gasteiger partial charge is 0.480 e. The van der Waals surface area contributed by atoms with Crippen LogP contribution in [-0.4, -0.2) is 64.1 Å². The molecule has 0 fully saturated rings. The van der Waals surface area contributed by atoms with E-state index in [4.69, 9.17) is 5.11 Å². The molecule has 9 nitrogen and oxygen atoms in total. The Hall–Kier alpha value is -2.58. The Morgan fingerprint density at radius 2 is 2.19 bits per heavy atom. The molecule has 0 saturated heterocycles. The zero-order valence-corrected chi connectivity index (χ0v) is 11.9. The van der Waals surface area contributed by atoms with Crippen LogP contribution in [0.1, 0.15) is 12.6 Å². The summed E-state index contributed by atoms with van der Waals surface area (Å²) in [6, 6.07) is -1.82. The van der Waals surface area contributed by atoms with Crippen molar-refractivity contribution in [1.82, 2.24) is 25.5 Å². The Balaban J connectivity index is 2.46. The molecule has 1 aromatic rings. The van der Waals surface area contributed by atoms with Gasteiger partial charge in [-0.25, -0.2) is 14.6 Å². The zero-order valence-electron chi connectivity index (χ0n) is 11.9. The molecule has 0 saturated carbocycles. The highest BCUT2D eigenvalue weighted by atomic mass is 16.4. The fourth-order valence-electron chi connectivity index (χ4n) is 1.49. The van der Waals surface area contributed by atoms with Crippen LogP contribution in [0.15, 0.2) is 12.5 Å². The van der Waals surface area contributed by atoms with Gasteiger partial charge in [0.25, 0.3) is 0 Å². The molecule has 0 aliphatic carbocycles. The normalized spacial score (nSPS) is 11.5. The number of urea groups is 1. The van der Waals surface area contributed by atoms with Crippen LogP contribution in [0.2, 0.25) is 0 Å². The van der Waals surface area contributed by atoms with Gasteiger partial charge in [0.05, 0.1) is 12.9 Å². The van der Waals surface area contributed by atoms with Crippen LogP contribution in [-0.2, 0) is 16.0 Å². The van der Waals surface area contributed by atoms with Gasteiger partial charge in [-0.1, -0.05) is 0 Å². The number of H-pyrrole nitrogens is 1. The average molecular weight is 297 g/mol. The number of nitrogens with one attached hydrogen (secondary N) is 3. The van der Waals surface area contributed by atoms with Crippen LogP contribution < -0.4 is 10.6 Å². The number of hydrogen-bond acceptors (Lipinski definition) is 4. The highest BCUT2D eigenvalue weighted by Gasteiger charge is 2.21. The predicted molar refractivity (Wildman–Crippen MR) is 73.6 cm³/mol. The number of imidazole rings is 1. The quantitative estimate of drug-likeness (QED) is 0.523. The van der Waals surface area contributed by atoms with Crippen molar-refractivity contribution in [2.75, 3.05) is 20.1 Å². The maximum Gasteiger partial charge on any atom is 0.326 e. The third-order valence-electron chi connectivity index (χ3n) is 2.88. The van der Waals surface area contributed by atoms with Crippen molar-refractivity contribution >= 4 is 17.9 Å². The first-order valence-corrected chi connectivity index (χ1v) is 6.42. The second-order valence-corrected chi connectivity index (χ2v) is 4.41. The standard InChI is InChI=1S/C12H19N5O4/c1-3-17(2)10(18)6-14-12(21)16-9(11(19)20)4-8-5-13-7-15-8/h5,7,9H,3-4,6H2,1-2H3,(H,13,15)(H,19,20)(H2,14,16,21)/t9-/m1/s1. The Morgan fingerprint density at radius 1 is 1.48 bits per heavy atom. The summed E-state index contributed by atoms with van der Waals surface area (Å²) >= 11 is 0. The van der Waals surface area contributed by atoms with Gasteiger partial charge < -0.3 is 25.6 Å². The molecule has 9 heteroatoms. The van der Waals surface area contributed by atoms with Gasteiger partial charge in [0, 0.05) is 31.9 Å². The van der Waals surface area contributed by atoms with Crippen LogP contribution in [0.3, 0.4) is 0 Å². The third kappa shape index (κ3) is 5.51. The highest BCUT2D eigenvalue weighted by Crippen LogP contribution is 1.98. The van der Waals surface area contributed by atoms with Crippen molar-refractivity contribution in [3.05, 3.63) is 18.2 Å². The van der Waals surface area contributed by atoms with E-state index in [0.29, 0.717) is 12.2 Å². The molecule has 1 heterocycles. The average Bonchev–Trinajstić information content (AvgIpc) is 2.95. The van der Waals surface area contributed by atoms with Crippen molar-refractivity contribution in [3.8, 4) is 0 Å². The summed E-state index contributed by atoms with van der Waals surface area (Å²) in [5, 5.41) is 13.7. The number of carboxylic acid groups (broad SMARTS) is 1. The minimum Gasteiger partial charge on any atom is -0.480 e. The SMILES string of the molecule is CCN(C)C(=O)CNC(=O)N[C@H](Cc1cnc[nH]1)C(=O)O. The minimum absolute atomic E-state index is 0.0750. The molecule has 1 aromatic heterocycles. The molecule has 0 aliphatic heterocycles. The highest BCUT2D eigenvalue weighted by molar-refractivity contribution is 5.86. The maximum atomic E-state index is 11.6. The lowest BCUT2D eigenvalue weighted by Crippen LogP contribution is -2.49. The summed E-state index contributed by atoms with van der Waals surface area (Å²) in [6.07, 6.45) is 2.98. The summed E-state index contributed by atoms with van der Waals surface area (Å²) in [5.41, 5.74) is 0.587. The maximum absolute atomic E-state index is 11.6. The number of carboxylic acids is 1. The minimum atomic E-state index is -1.17. The predicted octanol–water partition coefficient (Wildman–Crippen LogP) is -0.817. The number of aromatic nitrogens is 2. The monoisotopic (exact) mass is 297 g/mol. The number of aromatic amines is 1. The van der Waals surface area contributed by atoms with Gasteiger partial charge in [0.15, 0.2) is 0 Å². The summed E-state index contributed by atoms with van der Waals surface area (Å²) in [6.45, 7) is 2.15. The molecule has 0 unspecified atom stereocenters. The molecule has 4 N–H and O–H groups in total. The lowest BCUT2D eigenvalue weighted by Gasteiger charge is -2.17. The Bertz CT molecular complexity index is 488. The smallest absolute Gasteiger partial charge is 0.326 e. The first-order chi connectivity index (χ1) is 9.93. The fraction of sp³-hybridized carbons (Fsp3) is 0.500. The lowest BCUT2D eigenvalue weighted by atomic mass is 10.2. The fourth-order valence-corrected chi connectivity index (χ4v) is 1.49. The summed E-state index contributed by atoms with van der Waals surface area (Å²) < 4.78 is 0. The third-order valence-corrected chi connectivity index (χ3v) is 2.88. The lowest BCUT2D eigenvalue weighted by molar-refractivity contribution is -0.139. The van der Waals surface area contributed by atoms with Gasteiger partial charge in [-0.2, -0.15) is 0 Å². The number of carbonyl (C=O) groups excluding carboxylic acids is 2. The molecule has 116 valence electrons. The Kier molecular flexibility index (Phi) is 6.18. The van der Waals surface area contributed by atoms with E-state index in [1.54, 1.807) is 7.05 Å². The molecule has 0 radical (unpaired) electrons. The van der Waals surface area contributed by atoms with Crippen LogP contribution in [0.5, 0.6) is 0 Å². The number of aliphatic carboxylic acids is 1. The van der Waals surface area contributed by atoms with E-state index in [9.17, 15) is 14.4 Å². The number of amides is 3. The molecule has 1 atom stereocenters. The van der Waals surface area contributed by atoms with E-state index < -0.39 is 18.0 Å². The zero-order chi connectivity index (χ0) is 15.8. The van der Waals surface area contributed by atoms with Crippen LogP contribution >= 0.6 is 0 Å². The number of carbonyl (C=O) groups is 3. The van der Waals surface area contributed by atoms with Gasteiger partial charge in [-0.05, 0) is 6.92 Å². The molecule has 1 rings (SSSR count). The van der Waals surface area contributed by atoms with Gasteiger partial charge >= 0.3 is 12.0 Å². The molecule has 21 heavy (non-hydrogen) atoms. The topological polar surface area (TPSA) is 127 Å². The Labute approximate surface area is 121 Å². The Morgan fingerprint density at radius 3 is 2.71 bits per heavy atom. The van der Waals surface area contributed by atoms with E-state index >= 15 is 0 Å². The number of rotatable bonds is 7. The number of nitrogens with zero attached hydrogens (tertiary/aromatic N) is 2. The van der Waals surface area contributed by atoms with Crippen molar-refractivity contribution in [1.29, 1.82) is 0 Å². The van der Waals surface area contributed by atoms with Gasteiger partial charge in [0.2, 0.25) is 5.91 Å². The van der Waals surface area contributed by atoms with Crippen LogP contribution in [0, 0.1) is 0 Å². The van der Waals surface area contributed by atoms with Crippen molar-refractivity contribution < 1.29 is 19.5 Å². The van der Waals surface area contributed by atoms with E-state index in [1.165, 1.54) is 17.4 Å². The van der Waals surface area contributed by atoms with Crippen LogP contribution in [0.25, 0.3) is 0 Å². The van der Waals surface area contributed by atoms with E-state index in [-0.39, 0.29) is 18.9 Å². The first kappa shape index (κ1) is 16.5. The molecule has 0 aromatic carbocycles. The second kappa shape index (κ2) is 7.88. The van der Waals surface area contributed by atoms with Gasteiger partial charge in [0.1, 0.15) is 6.04 Å². The van der Waals surface area contributed by atoms with Gasteiger partial charge in [-0.15, -0.1) is 0 Å². The van der Waals surface area contributed by atoms with Crippen LogP contribution in [0.4, 0.5) is 4.79 Å². The van der Waals surface area contributed by atoms with E-state index in [2.05, 4.69) is 20.6 Å². The molecular weight excluding hydrogens is 278 g/mol. The molecule has 0 aliphatic rings. The summed E-state index contributed by atoms with van der Waals surface area (Å²) in [5.74, 6) is -1.43. The second-order valence-electron chi connectivity index (χ2n) is 4.41. The molecular formula is C12H19N5O4. The molecule has 0 spiro atoms. The number of hydrogen-bond donors (Lipinski definition) is 4. The first-order valence-electron chi connectivity index (χ1n) is 6.42. The summed E-state index contributed by atoms with van der Waals surface area (Å²) in [4.78, 5) is 42.2. The van der Waals surface area contributed by atoms with Crippen molar-refractivity contribution in [3.63, 3.8) is 0 Å². The summed E-state index contributed by atoms with van der Waals surface area (Å²) in [7, 11) is 1.61. The van der Waals surface area contributed by atoms with Crippen molar-refractivity contribution in [2.24, 2.45) is 0 Å². The van der Waals surface area contributed by atoms with Gasteiger partial charge in [-0.3, -0.25) is 4.79 Å². The van der Waals surface area contributed by atoms with Crippen molar-refractivity contribution in [2.45, 2.75) is 19.4 Å². The molecule has 3 amide bonds. The van der Waals surface area contributed by atoms with E-state index in [1.807, 2.05) is 6.92 Å².